The van der Waals surface area contributed by atoms with Gasteiger partial charge in [-0.15, -0.1) is 0 Å². The minimum absolute atomic E-state index is 0.163. The number of carbonyl (C=O) groups is 1. The minimum atomic E-state index is -0.532. The monoisotopic (exact) mass is 232 g/mol. The van der Waals surface area contributed by atoms with E-state index in [1.165, 1.54) is 0 Å². The molecule has 2 nitrogen and oxygen atoms in total. The summed E-state index contributed by atoms with van der Waals surface area (Å²) in [5.41, 5.74) is 0.538. The first kappa shape index (κ1) is 11.2. The van der Waals surface area contributed by atoms with Crippen LogP contribution in [0.3, 0.4) is 0 Å². The highest BCUT2D eigenvalue weighted by Crippen LogP contribution is 2.58. The molecule has 3 aliphatic rings. The van der Waals surface area contributed by atoms with Gasteiger partial charge in [0.2, 0.25) is 0 Å². The lowest BCUT2D eigenvalue weighted by molar-refractivity contribution is -0.125. The summed E-state index contributed by atoms with van der Waals surface area (Å²) in [4.78, 5) is 12.6. The van der Waals surface area contributed by atoms with Crippen LogP contribution in [-0.4, -0.2) is 17.0 Å². The van der Waals surface area contributed by atoms with Crippen LogP contribution in [0.4, 0.5) is 0 Å². The second kappa shape index (κ2) is 3.81. The van der Waals surface area contributed by atoms with Gasteiger partial charge in [-0.3, -0.25) is 4.79 Å². The van der Waals surface area contributed by atoms with Crippen LogP contribution < -0.4 is 0 Å². The van der Waals surface area contributed by atoms with Crippen LogP contribution in [0.2, 0.25) is 0 Å². The van der Waals surface area contributed by atoms with Crippen molar-refractivity contribution < 1.29 is 9.90 Å². The molecule has 2 bridgehead atoms. The summed E-state index contributed by atoms with van der Waals surface area (Å²) in [6.07, 6.45) is 10.6. The first-order chi connectivity index (χ1) is 8.17. The lowest BCUT2D eigenvalue weighted by Crippen LogP contribution is -2.34. The van der Waals surface area contributed by atoms with Gasteiger partial charge in [0.25, 0.3) is 0 Å². The summed E-state index contributed by atoms with van der Waals surface area (Å²) >= 11 is 0. The van der Waals surface area contributed by atoms with Crippen LogP contribution in [0, 0.1) is 17.3 Å². The Morgan fingerprint density at radius 2 is 2.35 bits per heavy atom. The van der Waals surface area contributed by atoms with E-state index in [2.05, 4.69) is 12.2 Å². The number of hydrogen-bond donors (Lipinski definition) is 1. The number of allylic oxidation sites excluding steroid dienone is 3. The third kappa shape index (κ3) is 1.46. The van der Waals surface area contributed by atoms with Crippen molar-refractivity contribution in [3.05, 3.63) is 23.8 Å². The number of aliphatic hydroxyl groups is 1. The van der Waals surface area contributed by atoms with Crippen molar-refractivity contribution in [1.82, 2.24) is 0 Å². The Kier molecular flexibility index (Phi) is 2.51. The summed E-state index contributed by atoms with van der Waals surface area (Å²) in [5.74, 6) is 1.29. The second-order valence-corrected chi connectivity index (χ2v) is 5.84. The van der Waals surface area contributed by atoms with E-state index in [1.54, 1.807) is 0 Å². The van der Waals surface area contributed by atoms with Gasteiger partial charge in [-0.05, 0) is 37.5 Å². The lowest BCUT2D eigenvalue weighted by atomic mass is 9.72. The van der Waals surface area contributed by atoms with Crippen LogP contribution >= 0.6 is 0 Å². The lowest BCUT2D eigenvalue weighted by Gasteiger charge is -2.30. The van der Waals surface area contributed by atoms with E-state index in [-0.39, 0.29) is 11.2 Å². The van der Waals surface area contributed by atoms with E-state index < -0.39 is 6.10 Å². The van der Waals surface area contributed by atoms with E-state index >= 15 is 0 Å². The number of rotatable bonds is 3. The molecule has 0 aromatic rings. The predicted octanol–water partition coefficient (Wildman–Crippen LogP) is 2.63. The Morgan fingerprint density at radius 3 is 2.94 bits per heavy atom. The van der Waals surface area contributed by atoms with Crippen LogP contribution in [0.1, 0.15) is 39.0 Å². The fraction of sp³-hybridized carbons (Fsp3) is 0.667. The summed E-state index contributed by atoms with van der Waals surface area (Å²) in [6.45, 7) is 2.04. The normalized spacial score (nSPS) is 40.4. The van der Waals surface area contributed by atoms with Crippen molar-refractivity contribution in [2.24, 2.45) is 17.3 Å². The van der Waals surface area contributed by atoms with Crippen molar-refractivity contribution in [1.29, 1.82) is 0 Å². The molecular formula is C15H20O2. The van der Waals surface area contributed by atoms with E-state index in [4.69, 9.17) is 0 Å². The highest BCUT2D eigenvalue weighted by atomic mass is 16.3. The first-order valence-electron chi connectivity index (χ1n) is 6.78. The van der Waals surface area contributed by atoms with E-state index in [0.717, 1.165) is 25.7 Å². The Bertz CT molecular complexity index is 407. The maximum Gasteiger partial charge on any atom is 0.168 e. The molecule has 0 aromatic heterocycles. The second-order valence-electron chi connectivity index (χ2n) is 5.84. The van der Waals surface area contributed by atoms with Gasteiger partial charge in [0.05, 0.1) is 6.10 Å². The SMILES string of the molecule is CCCC(O)C1=CCC2(C[C@H]3C=C[C@@H]2C3)C1=O. The molecule has 4 atom stereocenters. The first-order valence-corrected chi connectivity index (χ1v) is 6.78. The van der Waals surface area contributed by atoms with Gasteiger partial charge in [0, 0.05) is 11.0 Å². The highest BCUT2D eigenvalue weighted by molar-refractivity contribution is 6.04. The molecule has 92 valence electrons. The molecule has 0 radical (unpaired) electrons. The Balaban J connectivity index is 1.81. The molecule has 0 aliphatic heterocycles. The molecule has 2 heteroatoms. The number of carbonyl (C=O) groups excluding carboxylic acids is 1. The largest absolute Gasteiger partial charge is 0.388 e. The zero-order chi connectivity index (χ0) is 12.0. The molecule has 1 N–H and O–H groups in total. The van der Waals surface area contributed by atoms with Gasteiger partial charge in [-0.1, -0.05) is 31.6 Å². The molecule has 17 heavy (non-hydrogen) atoms. The Labute approximate surface area is 102 Å². The molecule has 0 saturated heterocycles. The topological polar surface area (TPSA) is 37.3 Å². The third-order valence-electron chi connectivity index (χ3n) is 4.83. The molecule has 0 aromatic carbocycles. The Hall–Kier alpha value is -0.890. The van der Waals surface area contributed by atoms with Crippen molar-refractivity contribution in [3.63, 3.8) is 0 Å². The summed E-state index contributed by atoms with van der Waals surface area (Å²) < 4.78 is 0. The molecule has 0 heterocycles. The third-order valence-corrected chi connectivity index (χ3v) is 4.83. The number of fused-ring (bicyclic) bond motifs is 3. The van der Waals surface area contributed by atoms with Gasteiger partial charge in [0.1, 0.15) is 0 Å². The quantitative estimate of drug-likeness (QED) is 0.759. The zero-order valence-corrected chi connectivity index (χ0v) is 10.4. The molecule has 3 aliphatic carbocycles. The van der Waals surface area contributed by atoms with Crippen molar-refractivity contribution in [2.75, 3.05) is 0 Å². The van der Waals surface area contributed by atoms with Crippen LogP contribution in [0.15, 0.2) is 23.8 Å². The number of ketones is 1. The minimum Gasteiger partial charge on any atom is -0.388 e. The van der Waals surface area contributed by atoms with Gasteiger partial charge < -0.3 is 5.11 Å². The molecular weight excluding hydrogens is 212 g/mol. The van der Waals surface area contributed by atoms with Gasteiger partial charge in [0.15, 0.2) is 5.78 Å². The zero-order valence-electron chi connectivity index (χ0n) is 10.4. The van der Waals surface area contributed by atoms with E-state index in [9.17, 15) is 9.90 Å². The van der Waals surface area contributed by atoms with Crippen molar-refractivity contribution in [3.8, 4) is 0 Å². The average molecular weight is 232 g/mol. The molecule has 3 rings (SSSR count). The Morgan fingerprint density at radius 1 is 1.53 bits per heavy atom. The van der Waals surface area contributed by atoms with Gasteiger partial charge >= 0.3 is 0 Å². The van der Waals surface area contributed by atoms with E-state index in [0.29, 0.717) is 23.8 Å². The van der Waals surface area contributed by atoms with Crippen LogP contribution in [0.25, 0.3) is 0 Å². The molecule has 1 saturated carbocycles. The smallest absolute Gasteiger partial charge is 0.168 e. The summed E-state index contributed by atoms with van der Waals surface area (Å²) in [7, 11) is 0. The fourth-order valence-corrected chi connectivity index (χ4v) is 3.93. The molecule has 2 unspecified atom stereocenters. The summed E-state index contributed by atoms with van der Waals surface area (Å²) in [6, 6.07) is 0. The fourth-order valence-electron chi connectivity index (χ4n) is 3.93. The molecule has 0 amide bonds. The number of hydrogen-bond acceptors (Lipinski definition) is 2. The van der Waals surface area contributed by atoms with Crippen LogP contribution in [0.5, 0.6) is 0 Å². The number of Topliss-reactive ketones (excluding diaryl/α,β-unsaturated/α-hetero) is 1. The molecule has 1 fully saturated rings. The summed E-state index contributed by atoms with van der Waals surface area (Å²) in [5, 5.41) is 10.0. The maximum absolute atomic E-state index is 12.6. The van der Waals surface area contributed by atoms with Crippen molar-refractivity contribution in [2.45, 2.75) is 45.1 Å². The molecule has 1 spiro atoms. The van der Waals surface area contributed by atoms with Crippen LogP contribution in [-0.2, 0) is 4.79 Å². The number of aliphatic hydroxyl groups excluding tert-OH is 1. The van der Waals surface area contributed by atoms with Gasteiger partial charge in [-0.2, -0.15) is 0 Å². The van der Waals surface area contributed by atoms with E-state index in [1.807, 2.05) is 13.0 Å². The predicted molar refractivity (Wildman–Crippen MR) is 66.4 cm³/mol. The standard InChI is InChI=1S/C15H20O2/c1-2-3-13(16)12-6-7-15(14(12)17)9-10-4-5-11(15)8-10/h4-6,10-11,13,16H,2-3,7-9H2,1H3/t10-,11+,13?,15?/m0/s1. The van der Waals surface area contributed by atoms with Crippen molar-refractivity contribution >= 4 is 5.78 Å². The van der Waals surface area contributed by atoms with Gasteiger partial charge in [-0.25, -0.2) is 0 Å². The maximum atomic E-state index is 12.6. The highest BCUT2D eigenvalue weighted by Gasteiger charge is 2.55. The average Bonchev–Trinajstić information content (AvgIpc) is 2.96.